The summed E-state index contributed by atoms with van der Waals surface area (Å²) < 4.78 is 0. The molecule has 2 rings (SSSR count). The van der Waals surface area contributed by atoms with Crippen molar-refractivity contribution in [2.75, 3.05) is 0 Å². The van der Waals surface area contributed by atoms with Crippen LogP contribution < -0.4 is 10.6 Å². The highest BCUT2D eigenvalue weighted by molar-refractivity contribution is 5.94. The molecule has 0 radical (unpaired) electrons. The Morgan fingerprint density at radius 1 is 1.32 bits per heavy atom. The van der Waals surface area contributed by atoms with E-state index >= 15 is 0 Å². The lowest BCUT2D eigenvalue weighted by Crippen LogP contribution is -2.59. The van der Waals surface area contributed by atoms with Gasteiger partial charge in [-0.15, -0.1) is 0 Å². The van der Waals surface area contributed by atoms with Crippen molar-refractivity contribution in [1.29, 1.82) is 0 Å². The molecule has 0 aromatic heterocycles. The lowest BCUT2D eigenvalue weighted by molar-refractivity contribution is -0.150. The molecule has 0 bridgehead atoms. The molecule has 6 heteroatoms. The minimum Gasteiger partial charge on any atom is -0.480 e. The van der Waals surface area contributed by atoms with Gasteiger partial charge in [-0.25, -0.2) is 4.79 Å². The number of rotatable bonds is 3. The molecule has 1 aliphatic carbocycles. The van der Waals surface area contributed by atoms with Crippen LogP contribution in [0.5, 0.6) is 0 Å². The van der Waals surface area contributed by atoms with Crippen molar-refractivity contribution in [3.63, 3.8) is 0 Å². The third kappa shape index (κ3) is 2.88. The summed E-state index contributed by atoms with van der Waals surface area (Å²) >= 11 is 0. The number of carbonyl (C=O) groups is 3. The molecule has 2 amide bonds. The molecular formula is C13H20N2O4. The molecule has 0 unspecified atom stereocenters. The zero-order valence-electron chi connectivity index (χ0n) is 11.1. The molecule has 0 aromatic rings. The molecule has 2 aliphatic rings. The SMILES string of the molecule is CC1CCC(NC(=O)[C@@H]2CCC(=O)N2)(C(=O)O)CC1. The molecule has 1 saturated heterocycles. The van der Waals surface area contributed by atoms with Crippen LogP contribution in [-0.4, -0.2) is 34.5 Å². The van der Waals surface area contributed by atoms with Gasteiger partial charge in [0, 0.05) is 6.42 Å². The second-order valence-corrected chi connectivity index (χ2v) is 5.72. The molecule has 0 aromatic carbocycles. The first-order valence-electron chi connectivity index (χ1n) is 6.78. The number of hydrogen-bond donors (Lipinski definition) is 3. The third-order valence-corrected chi connectivity index (χ3v) is 4.21. The van der Waals surface area contributed by atoms with Crippen LogP contribution in [0, 0.1) is 5.92 Å². The summed E-state index contributed by atoms with van der Waals surface area (Å²) in [7, 11) is 0. The molecule has 6 nitrogen and oxygen atoms in total. The van der Waals surface area contributed by atoms with Crippen molar-refractivity contribution in [3.05, 3.63) is 0 Å². The van der Waals surface area contributed by atoms with E-state index < -0.39 is 17.6 Å². The van der Waals surface area contributed by atoms with Crippen molar-refractivity contribution in [3.8, 4) is 0 Å². The molecule has 3 N–H and O–H groups in total. The van der Waals surface area contributed by atoms with E-state index in [-0.39, 0.29) is 11.8 Å². The van der Waals surface area contributed by atoms with E-state index in [0.29, 0.717) is 31.6 Å². The fourth-order valence-electron chi connectivity index (χ4n) is 2.78. The molecule has 1 atom stereocenters. The van der Waals surface area contributed by atoms with E-state index in [4.69, 9.17) is 0 Å². The van der Waals surface area contributed by atoms with Crippen molar-refractivity contribution >= 4 is 17.8 Å². The maximum atomic E-state index is 12.1. The van der Waals surface area contributed by atoms with E-state index in [9.17, 15) is 19.5 Å². The molecule has 2 fully saturated rings. The normalized spacial score (nSPS) is 34.7. The Bertz CT molecular complexity index is 399. The number of hydrogen-bond acceptors (Lipinski definition) is 3. The molecule has 1 aliphatic heterocycles. The maximum Gasteiger partial charge on any atom is 0.329 e. The third-order valence-electron chi connectivity index (χ3n) is 4.21. The summed E-state index contributed by atoms with van der Waals surface area (Å²) in [6.45, 7) is 2.09. The summed E-state index contributed by atoms with van der Waals surface area (Å²) in [6.07, 6.45) is 3.27. The van der Waals surface area contributed by atoms with Crippen LogP contribution in [0.3, 0.4) is 0 Å². The average Bonchev–Trinajstić information content (AvgIpc) is 2.79. The molecule has 19 heavy (non-hydrogen) atoms. The van der Waals surface area contributed by atoms with E-state index in [0.717, 1.165) is 12.8 Å². The van der Waals surface area contributed by atoms with Crippen LogP contribution >= 0.6 is 0 Å². The van der Waals surface area contributed by atoms with Crippen LogP contribution in [0.25, 0.3) is 0 Å². The van der Waals surface area contributed by atoms with Gasteiger partial charge in [-0.3, -0.25) is 9.59 Å². The number of amides is 2. The van der Waals surface area contributed by atoms with Gasteiger partial charge in [0.15, 0.2) is 0 Å². The lowest BCUT2D eigenvalue weighted by Gasteiger charge is -2.37. The Balaban J connectivity index is 2.03. The first kappa shape index (κ1) is 13.8. The Kier molecular flexibility index (Phi) is 3.78. The van der Waals surface area contributed by atoms with E-state index in [1.807, 2.05) is 0 Å². The van der Waals surface area contributed by atoms with Gasteiger partial charge < -0.3 is 15.7 Å². The smallest absolute Gasteiger partial charge is 0.329 e. The number of aliphatic carboxylic acids is 1. The number of nitrogens with one attached hydrogen (secondary N) is 2. The number of carboxylic acid groups (broad SMARTS) is 1. The molecule has 106 valence electrons. The maximum absolute atomic E-state index is 12.1. The predicted molar refractivity (Wildman–Crippen MR) is 67.3 cm³/mol. The first-order valence-corrected chi connectivity index (χ1v) is 6.78. The van der Waals surface area contributed by atoms with Crippen LogP contribution in [0.2, 0.25) is 0 Å². The van der Waals surface area contributed by atoms with Gasteiger partial charge in [-0.1, -0.05) is 6.92 Å². The summed E-state index contributed by atoms with van der Waals surface area (Å²) in [4.78, 5) is 34.7. The highest BCUT2D eigenvalue weighted by Gasteiger charge is 2.44. The Hall–Kier alpha value is -1.59. The highest BCUT2D eigenvalue weighted by atomic mass is 16.4. The molecule has 0 spiro atoms. The topological polar surface area (TPSA) is 95.5 Å². The van der Waals surface area contributed by atoms with Crippen molar-refractivity contribution in [2.45, 2.75) is 57.0 Å². The van der Waals surface area contributed by atoms with Crippen LogP contribution in [0.4, 0.5) is 0 Å². The summed E-state index contributed by atoms with van der Waals surface area (Å²) in [5.41, 5.74) is -1.16. The summed E-state index contributed by atoms with van der Waals surface area (Å²) in [6, 6.07) is -0.580. The molecule has 1 saturated carbocycles. The standard InChI is InChI=1S/C13H20N2O4/c1-8-4-6-13(7-5-8,12(18)19)15-11(17)9-2-3-10(16)14-9/h8-9H,2-7H2,1H3,(H,14,16)(H,15,17)(H,18,19)/t8?,9-,13?/m0/s1. The largest absolute Gasteiger partial charge is 0.480 e. The number of carbonyl (C=O) groups excluding carboxylic acids is 2. The Morgan fingerprint density at radius 3 is 2.42 bits per heavy atom. The lowest BCUT2D eigenvalue weighted by atomic mass is 9.77. The van der Waals surface area contributed by atoms with Gasteiger partial charge in [-0.05, 0) is 38.0 Å². The van der Waals surface area contributed by atoms with E-state index in [1.165, 1.54) is 0 Å². The Labute approximate surface area is 111 Å². The zero-order valence-corrected chi connectivity index (χ0v) is 11.1. The first-order chi connectivity index (χ1) is 8.93. The zero-order chi connectivity index (χ0) is 14.0. The van der Waals surface area contributed by atoms with E-state index in [2.05, 4.69) is 17.6 Å². The van der Waals surface area contributed by atoms with Crippen LogP contribution in [0.15, 0.2) is 0 Å². The molecular weight excluding hydrogens is 248 g/mol. The van der Waals surface area contributed by atoms with Gasteiger partial charge in [-0.2, -0.15) is 0 Å². The summed E-state index contributed by atoms with van der Waals surface area (Å²) in [5.74, 6) is -1.00. The average molecular weight is 268 g/mol. The second kappa shape index (κ2) is 5.19. The van der Waals surface area contributed by atoms with Gasteiger partial charge in [0.2, 0.25) is 11.8 Å². The van der Waals surface area contributed by atoms with Crippen LogP contribution in [0.1, 0.15) is 45.4 Å². The van der Waals surface area contributed by atoms with Crippen molar-refractivity contribution in [2.24, 2.45) is 5.92 Å². The number of carboxylic acids is 1. The minimum absolute atomic E-state index is 0.151. The van der Waals surface area contributed by atoms with Gasteiger partial charge in [0.05, 0.1) is 0 Å². The van der Waals surface area contributed by atoms with E-state index in [1.54, 1.807) is 0 Å². The fraction of sp³-hybridized carbons (Fsp3) is 0.769. The van der Waals surface area contributed by atoms with Gasteiger partial charge >= 0.3 is 5.97 Å². The monoisotopic (exact) mass is 268 g/mol. The van der Waals surface area contributed by atoms with Crippen LogP contribution in [-0.2, 0) is 14.4 Å². The van der Waals surface area contributed by atoms with Crippen molar-refractivity contribution < 1.29 is 19.5 Å². The summed E-state index contributed by atoms with van der Waals surface area (Å²) in [5, 5.41) is 14.6. The van der Waals surface area contributed by atoms with Gasteiger partial charge in [0.1, 0.15) is 11.6 Å². The van der Waals surface area contributed by atoms with Gasteiger partial charge in [0.25, 0.3) is 0 Å². The quantitative estimate of drug-likeness (QED) is 0.691. The highest BCUT2D eigenvalue weighted by Crippen LogP contribution is 2.32. The van der Waals surface area contributed by atoms with Crippen molar-refractivity contribution in [1.82, 2.24) is 10.6 Å². The fourth-order valence-corrected chi connectivity index (χ4v) is 2.78. The Morgan fingerprint density at radius 2 is 1.95 bits per heavy atom. The predicted octanol–water partition coefficient (Wildman–Crippen LogP) is 0.415. The second-order valence-electron chi connectivity index (χ2n) is 5.72. The minimum atomic E-state index is -1.16. The molecule has 1 heterocycles.